The van der Waals surface area contributed by atoms with Crippen molar-refractivity contribution in [2.45, 2.75) is 56.7 Å². The van der Waals surface area contributed by atoms with Gasteiger partial charge in [0.05, 0.1) is 16.7 Å². The van der Waals surface area contributed by atoms with Crippen molar-refractivity contribution in [3.8, 4) is 5.75 Å². The minimum Gasteiger partial charge on any atom is -0.489 e. The van der Waals surface area contributed by atoms with Gasteiger partial charge in [0.15, 0.2) is 0 Å². The molecule has 2 nitrogen and oxygen atoms in total. The van der Waals surface area contributed by atoms with E-state index < -0.39 is 0 Å². The standard InChI is InChI=1S/C16H20BrFO2/c17-14-5-4-12(18)10-15(14)20-13-6-9-19-16(11-13)7-2-1-3-8-16/h4-5,10,13H,1-3,6-9,11H2. The highest BCUT2D eigenvalue weighted by Gasteiger charge is 2.39. The number of halogens is 2. The Morgan fingerprint density at radius 3 is 2.85 bits per heavy atom. The summed E-state index contributed by atoms with van der Waals surface area (Å²) < 4.78 is 26.2. The molecule has 2 fully saturated rings. The molecule has 1 aromatic rings. The van der Waals surface area contributed by atoms with Gasteiger partial charge in [-0.2, -0.15) is 0 Å². The van der Waals surface area contributed by atoms with Crippen molar-refractivity contribution < 1.29 is 13.9 Å². The lowest BCUT2D eigenvalue weighted by Crippen LogP contribution is -2.45. The average Bonchev–Trinajstić information content (AvgIpc) is 2.44. The molecule has 1 saturated carbocycles. The van der Waals surface area contributed by atoms with E-state index in [4.69, 9.17) is 9.47 Å². The fourth-order valence-electron chi connectivity index (χ4n) is 3.38. The highest BCUT2D eigenvalue weighted by molar-refractivity contribution is 9.10. The van der Waals surface area contributed by atoms with Crippen molar-refractivity contribution in [3.63, 3.8) is 0 Å². The monoisotopic (exact) mass is 342 g/mol. The molecule has 1 atom stereocenters. The maximum absolute atomic E-state index is 13.3. The number of ether oxygens (including phenoxy) is 2. The molecule has 1 aromatic carbocycles. The van der Waals surface area contributed by atoms with E-state index >= 15 is 0 Å². The normalized spacial score (nSPS) is 25.6. The second-order valence-electron chi connectivity index (χ2n) is 5.90. The summed E-state index contributed by atoms with van der Waals surface area (Å²) in [5.41, 5.74) is 0.0148. The fourth-order valence-corrected chi connectivity index (χ4v) is 3.72. The molecule has 1 aliphatic carbocycles. The topological polar surface area (TPSA) is 18.5 Å². The highest BCUT2D eigenvalue weighted by Crippen LogP contribution is 2.40. The van der Waals surface area contributed by atoms with Crippen molar-refractivity contribution in [1.82, 2.24) is 0 Å². The van der Waals surface area contributed by atoms with Crippen LogP contribution in [-0.4, -0.2) is 18.3 Å². The van der Waals surface area contributed by atoms with E-state index in [1.165, 1.54) is 31.4 Å². The summed E-state index contributed by atoms with van der Waals surface area (Å²) in [4.78, 5) is 0. The van der Waals surface area contributed by atoms with Crippen LogP contribution < -0.4 is 4.74 Å². The molecule has 0 radical (unpaired) electrons. The minimum absolute atomic E-state index is 0.0148. The van der Waals surface area contributed by atoms with Crippen molar-refractivity contribution in [3.05, 3.63) is 28.5 Å². The summed E-state index contributed by atoms with van der Waals surface area (Å²) in [5, 5.41) is 0. The molecule has 4 heteroatoms. The lowest BCUT2D eigenvalue weighted by Gasteiger charge is -2.43. The maximum atomic E-state index is 13.3. The predicted octanol–water partition coefficient (Wildman–Crippen LogP) is 4.85. The molecule has 1 heterocycles. The molecule has 0 amide bonds. The zero-order valence-corrected chi connectivity index (χ0v) is 13.1. The van der Waals surface area contributed by atoms with Gasteiger partial charge in [-0.1, -0.05) is 19.3 Å². The third-order valence-electron chi connectivity index (χ3n) is 4.40. The van der Waals surface area contributed by atoms with Gasteiger partial charge in [0, 0.05) is 18.9 Å². The van der Waals surface area contributed by atoms with Crippen LogP contribution in [-0.2, 0) is 4.74 Å². The van der Waals surface area contributed by atoms with Gasteiger partial charge in [-0.25, -0.2) is 4.39 Å². The van der Waals surface area contributed by atoms with Crippen molar-refractivity contribution in [2.24, 2.45) is 0 Å². The summed E-state index contributed by atoms with van der Waals surface area (Å²) in [6.45, 7) is 0.748. The largest absolute Gasteiger partial charge is 0.489 e. The Balaban J connectivity index is 1.69. The van der Waals surface area contributed by atoms with Crippen molar-refractivity contribution in [2.75, 3.05) is 6.61 Å². The smallest absolute Gasteiger partial charge is 0.136 e. The van der Waals surface area contributed by atoms with Crippen LogP contribution in [0.3, 0.4) is 0 Å². The second kappa shape index (κ2) is 6.02. The Morgan fingerprint density at radius 1 is 1.25 bits per heavy atom. The van der Waals surface area contributed by atoms with Gasteiger partial charge < -0.3 is 9.47 Å². The Kier molecular flexibility index (Phi) is 4.32. The Morgan fingerprint density at radius 2 is 2.05 bits per heavy atom. The van der Waals surface area contributed by atoms with Gasteiger partial charge in [-0.3, -0.25) is 0 Å². The van der Waals surface area contributed by atoms with Gasteiger partial charge in [0.2, 0.25) is 0 Å². The third kappa shape index (κ3) is 3.17. The van der Waals surface area contributed by atoms with Crippen LogP contribution in [0.15, 0.2) is 22.7 Å². The van der Waals surface area contributed by atoms with Crippen molar-refractivity contribution in [1.29, 1.82) is 0 Å². The van der Waals surface area contributed by atoms with Crippen LogP contribution in [0.4, 0.5) is 4.39 Å². The first-order valence-electron chi connectivity index (χ1n) is 7.43. The van der Waals surface area contributed by atoms with Crippen LogP contribution in [0.5, 0.6) is 5.75 Å². The van der Waals surface area contributed by atoms with Crippen LogP contribution in [0, 0.1) is 5.82 Å². The molecule has 1 unspecified atom stereocenters. The first-order valence-corrected chi connectivity index (χ1v) is 8.22. The molecule has 110 valence electrons. The average molecular weight is 343 g/mol. The second-order valence-corrected chi connectivity index (χ2v) is 6.75. The number of hydrogen-bond donors (Lipinski definition) is 0. The third-order valence-corrected chi connectivity index (χ3v) is 5.05. The molecule has 0 bridgehead atoms. The Hall–Kier alpha value is -0.610. The Bertz CT molecular complexity index is 466. The first kappa shape index (κ1) is 14.3. The van der Waals surface area contributed by atoms with Gasteiger partial charge in [-0.15, -0.1) is 0 Å². The van der Waals surface area contributed by atoms with Crippen LogP contribution in [0.25, 0.3) is 0 Å². The molecule has 0 aromatic heterocycles. The van der Waals surface area contributed by atoms with Gasteiger partial charge in [-0.05, 0) is 40.9 Å². The zero-order chi connectivity index (χ0) is 14.0. The SMILES string of the molecule is Fc1ccc(Br)c(OC2CCOC3(CCCCC3)C2)c1. The summed E-state index contributed by atoms with van der Waals surface area (Å²) in [5.74, 6) is 0.338. The van der Waals surface area contributed by atoms with Gasteiger partial charge >= 0.3 is 0 Å². The van der Waals surface area contributed by atoms with Gasteiger partial charge in [0.1, 0.15) is 17.7 Å². The van der Waals surface area contributed by atoms with Crippen LogP contribution >= 0.6 is 15.9 Å². The molecule has 1 spiro atoms. The number of rotatable bonds is 2. The number of hydrogen-bond acceptors (Lipinski definition) is 2. The van der Waals surface area contributed by atoms with Crippen LogP contribution in [0.2, 0.25) is 0 Å². The minimum atomic E-state index is -0.261. The molecular formula is C16H20BrFO2. The highest BCUT2D eigenvalue weighted by atomic mass is 79.9. The lowest BCUT2D eigenvalue weighted by molar-refractivity contribution is -0.129. The first-order chi connectivity index (χ1) is 9.67. The lowest BCUT2D eigenvalue weighted by atomic mass is 9.79. The van der Waals surface area contributed by atoms with E-state index in [2.05, 4.69) is 15.9 Å². The van der Waals surface area contributed by atoms with E-state index in [1.54, 1.807) is 6.07 Å². The zero-order valence-electron chi connectivity index (χ0n) is 11.5. The molecule has 1 saturated heterocycles. The molecular weight excluding hydrogens is 323 g/mol. The quantitative estimate of drug-likeness (QED) is 0.764. The van der Waals surface area contributed by atoms with Crippen LogP contribution in [0.1, 0.15) is 44.9 Å². The predicted molar refractivity (Wildman–Crippen MR) is 79.5 cm³/mol. The molecule has 3 rings (SSSR count). The van der Waals surface area contributed by atoms with E-state index in [9.17, 15) is 4.39 Å². The molecule has 2 aliphatic rings. The Labute approximate surface area is 127 Å². The van der Waals surface area contributed by atoms with E-state index in [0.29, 0.717) is 5.75 Å². The van der Waals surface area contributed by atoms with E-state index in [0.717, 1.165) is 36.8 Å². The summed E-state index contributed by atoms with van der Waals surface area (Å²) in [6.07, 6.45) is 8.01. The van der Waals surface area contributed by atoms with Gasteiger partial charge in [0.25, 0.3) is 0 Å². The maximum Gasteiger partial charge on any atom is 0.136 e. The molecule has 20 heavy (non-hydrogen) atoms. The summed E-state index contributed by atoms with van der Waals surface area (Å²) >= 11 is 3.42. The molecule has 1 aliphatic heterocycles. The number of benzene rings is 1. The van der Waals surface area contributed by atoms with Crippen molar-refractivity contribution >= 4 is 15.9 Å². The van der Waals surface area contributed by atoms with E-state index in [-0.39, 0.29) is 17.5 Å². The summed E-state index contributed by atoms with van der Waals surface area (Å²) in [6, 6.07) is 4.58. The van der Waals surface area contributed by atoms with E-state index in [1.807, 2.05) is 0 Å². The summed E-state index contributed by atoms with van der Waals surface area (Å²) in [7, 11) is 0. The fraction of sp³-hybridized carbons (Fsp3) is 0.625. The molecule has 0 N–H and O–H groups in total.